The Bertz CT molecular complexity index is 1560. The van der Waals surface area contributed by atoms with E-state index < -0.39 is 30.0 Å². The highest BCUT2D eigenvalue weighted by atomic mass is 19.4. The van der Waals surface area contributed by atoms with E-state index in [0.29, 0.717) is 24.0 Å². The molecule has 0 unspecified atom stereocenters. The average molecular weight is 487 g/mol. The van der Waals surface area contributed by atoms with Crippen molar-refractivity contribution < 1.29 is 26.8 Å². The molecule has 1 atom stereocenters. The van der Waals surface area contributed by atoms with Gasteiger partial charge in [0.1, 0.15) is 17.4 Å². The third-order valence-corrected chi connectivity index (χ3v) is 5.63. The van der Waals surface area contributed by atoms with Crippen molar-refractivity contribution in [1.29, 1.82) is 0 Å². The lowest BCUT2D eigenvalue weighted by molar-refractivity contribution is -0.212. The molecule has 0 fully saturated rings. The third kappa shape index (κ3) is 3.43. The highest BCUT2D eigenvalue weighted by Gasteiger charge is 2.38. The molecular weight excluding hydrogens is 474 g/mol. The van der Waals surface area contributed by atoms with Crippen LogP contribution in [0.25, 0.3) is 17.0 Å². The first-order valence-electron chi connectivity index (χ1n) is 10.2. The highest BCUT2D eigenvalue weighted by Crippen LogP contribution is 2.35. The molecule has 0 radical (unpaired) electrons. The van der Waals surface area contributed by atoms with Crippen LogP contribution in [-0.2, 0) is 12.7 Å². The summed E-state index contributed by atoms with van der Waals surface area (Å²) in [6, 6.07) is 3.53. The second kappa shape index (κ2) is 7.48. The first-order chi connectivity index (χ1) is 16.8. The van der Waals surface area contributed by atoms with E-state index in [-0.39, 0.29) is 28.2 Å². The van der Waals surface area contributed by atoms with Crippen molar-refractivity contribution in [2.24, 2.45) is 0 Å². The summed E-state index contributed by atoms with van der Waals surface area (Å²) in [6.45, 7) is 0.221. The first kappa shape index (κ1) is 21.0. The molecular formula is C20H13F4N9O2. The van der Waals surface area contributed by atoms with E-state index in [2.05, 4.69) is 30.4 Å². The van der Waals surface area contributed by atoms with Gasteiger partial charge in [-0.1, -0.05) is 0 Å². The number of rotatable bonds is 3. The molecule has 5 aromatic rings. The first-order valence-corrected chi connectivity index (χ1v) is 10.2. The van der Waals surface area contributed by atoms with Gasteiger partial charge < -0.3 is 14.3 Å². The third-order valence-electron chi connectivity index (χ3n) is 5.63. The van der Waals surface area contributed by atoms with Crippen molar-refractivity contribution in [3.63, 3.8) is 0 Å². The number of carbonyl (C=O) groups excluding carboxylic acids is 1. The minimum absolute atomic E-state index is 0.102. The Morgan fingerprint density at radius 2 is 2.11 bits per heavy atom. The van der Waals surface area contributed by atoms with E-state index in [0.717, 1.165) is 11.9 Å². The number of aromatic nitrogens is 8. The van der Waals surface area contributed by atoms with Crippen LogP contribution >= 0.6 is 0 Å². The summed E-state index contributed by atoms with van der Waals surface area (Å²) in [7, 11) is 0. The maximum atomic E-state index is 14.3. The molecule has 1 amide bonds. The minimum atomic E-state index is -4.72. The number of hydrogen-bond acceptors (Lipinski definition) is 7. The van der Waals surface area contributed by atoms with Crippen molar-refractivity contribution in [2.45, 2.75) is 18.8 Å². The zero-order valence-electron chi connectivity index (χ0n) is 17.4. The van der Waals surface area contributed by atoms with Crippen molar-refractivity contribution in [3.8, 4) is 11.5 Å². The second-order valence-corrected chi connectivity index (χ2v) is 7.73. The molecule has 6 rings (SSSR count). The minimum Gasteiger partial charge on any atom is -0.412 e. The van der Waals surface area contributed by atoms with Gasteiger partial charge in [0.2, 0.25) is 0 Å². The van der Waals surface area contributed by atoms with Crippen LogP contribution in [-0.4, -0.2) is 56.9 Å². The molecule has 0 saturated carbocycles. The topological polar surface area (TPSA) is 123 Å². The lowest BCUT2D eigenvalue weighted by Crippen LogP contribution is -2.41. The van der Waals surface area contributed by atoms with Gasteiger partial charge >= 0.3 is 18.1 Å². The van der Waals surface area contributed by atoms with E-state index in [4.69, 9.17) is 4.42 Å². The summed E-state index contributed by atoms with van der Waals surface area (Å²) in [5, 5.41) is 15.1. The number of nitrogens with zero attached hydrogens (tertiary/aromatic N) is 8. The Kier molecular flexibility index (Phi) is 4.49. The summed E-state index contributed by atoms with van der Waals surface area (Å²) in [5.74, 6) is -1.89. The van der Waals surface area contributed by atoms with E-state index >= 15 is 0 Å². The number of nitrogens with one attached hydrogen (secondary N) is 1. The van der Waals surface area contributed by atoms with Gasteiger partial charge in [-0.15, -0.1) is 23.4 Å². The average Bonchev–Trinajstić information content (AvgIpc) is 3.62. The van der Waals surface area contributed by atoms with Crippen molar-refractivity contribution >= 4 is 11.4 Å². The molecule has 0 bridgehead atoms. The number of pyridine rings is 1. The Hall–Kier alpha value is -4.56. The second-order valence-electron chi connectivity index (χ2n) is 7.73. The summed E-state index contributed by atoms with van der Waals surface area (Å²) >= 11 is 0. The molecule has 1 aliphatic rings. The Labute approximate surface area is 192 Å². The van der Waals surface area contributed by atoms with Gasteiger partial charge in [-0.05, 0) is 18.2 Å². The van der Waals surface area contributed by atoms with Crippen molar-refractivity contribution in [3.05, 3.63) is 71.9 Å². The zero-order valence-corrected chi connectivity index (χ0v) is 17.4. The number of fused-ring (bicyclic) bond motifs is 2. The van der Waals surface area contributed by atoms with Gasteiger partial charge in [0, 0.05) is 31.1 Å². The molecule has 5 aromatic heterocycles. The van der Waals surface area contributed by atoms with E-state index in [1.165, 1.54) is 33.9 Å². The predicted molar refractivity (Wildman–Crippen MR) is 107 cm³/mol. The van der Waals surface area contributed by atoms with Crippen LogP contribution in [0.2, 0.25) is 0 Å². The Morgan fingerprint density at radius 3 is 2.89 bits per heavy atom. The monoisotopic (exact) mass is 487 g/mol. The quantitative estimate of drug-likeness (QED) is 0.388. The van der Waals surface area contributed by atoms with E-state index in [9.17, 15) is 22.4 Å². The Morgan fingerprint density at radius 1 is 1.26 bits per heavy atom. The molecule has 178 valence electrons. The fourth-order valence-corrected chi connectivity index (χ4v) is 4.05. The molecule has 1 N–H and O–H groups in total. The maximum Gasteiger partial charge on any atom is 0.504 e. The van der Waals surface area contributed by atoms with Crippen molar-refractivity contribution in [2.75, 3.05) is 6.54 Å². The molecule has 0 aromatic carbocycles. The van der Waals surface area contributed by atoms with Gasteiger partial charge in [-0.25, -0.2) is 13.9 Å². The number of imidazole rings is 1. The van der Waals surface area contributed by atoms with E-state index in [1.54, 1.807) is 6.20 Å². The number of carbonyl (C=O) groups is 1. The molecule has 15 heteroatoms. The molecule has 0 aliphatic carbocycles. The zero-order chi connectivity index (χ0) is 24.3. The fourth-order valence-electron chi connectivity index (χ4n) is 4.05. The van der Waals surface area contributed by atoms with Crippen LogP contribution in [0.15, 0.2) is 47.5 Å². The lowest BCUT2D eigenvalue weighted by Gasteiger charge is -2.32. The fraction of sp³-hybridized carbons (Fsp3) is 0.200. The maximum absolute atomic E-state index is 14.3. The van der Waals surface area contributed by atoms with Crippen LogP contribution in [0.3, 0.4) is 0 Å². The summed E-state index contributed by atoms with van der Waals surface area (Å²) in [6.07, 6.45) is 0.372. The van der Waals surface area contributed by atoms with Crippen LogP contribution in [0, 0.1) is 5.82 Å². The van der Waals surface area contributed by atoms with Gasteiger partial charge in [-0.3, -0.25) is 4.79 Å². The molecule has 11 nitrogen and oxygen atoms in total. The highest BCUT2D eigenvalue weighted by molar-refractivity contribution is 5.90. The number of H-pyrrole nitrogens is 1. The molecule has 6 heterocycles. The molecule has 35 heavy (non-hydrogen) atoms. The van der Waals surface area contributed by atoms with Crippen LogP contribution in [0.5, 0.6) is 0 Å². The van der Waals surface area contributed by atoms with Gasteiger partial charge in [0.25, 0.3) is 5.89 Å². The molecule has 0 saturated heterocycles. The van der Waals surface area contributed by atoms with Gasteiger partial charge in [0.15, 0.2) is 0 Å². The number of aromatic amines is 1. The van der Waals surface area contributed by atoms with Crippen LogP contribution < -0.4 is 0 Å². The lowest BCUT2D eigenvalue weighted by atomic mass is 9.99. The summed E-state index contributed by atoms with van der Waals surface area (Å²) in [4.78, 5) is 22.2. The molecule has 1 aliphatic heterocycles. The number of halogens is 4. The number of alkyl halides is 3. The summed E-state index contributed by atoms with van der Waals surface area (Å²) < 4.78 is 59.3. The molecule has 0 spiro atoms. The summed E-state index contributed by atoms with van der Waals surface area (Å²) in [5.41, 5.74) is 1.80. The standard InChI is InChI=1S/C20H13F4N9O2/c21-11-2-1-4-32-14(11)6-13(30-32)16-15-12(25-9-26-15)3-5-31(16)19(34)18-29-28-17(35-18)10-7-27-33(8-10)20(22,23)24/h1-2,4,6-9,16H,3,5H2,(H,25,26)/t16-/m0/s1. The smallest absolute Gasteiger partial charge is 0.412 e. The Balaban J connectivity index is 1.37. The normalized spacial score (nSPS) is 16.1. The van der Waals surface area contributed by atoms with Crippen molar-refractivity contribution in [1.82, 2.24) is 44.5 Å². The number of hydrogen-bond donors (Lipinski definition) is 1. The number of amides is 1. The van der Waals surface area contributed by atoms with Gasteiger partial charge in [0.05, 0.1) is 29.5 Å². The predicted octanol–water partition coefficient (Wildman–Crippen LogP) is 2.71. The van der Waals surface area contributed by atoms with Crippen LogP contribution in [0.1, 0.15) is 33.8 Å². The van der Waals surface area contributed by atoms with Gasteiger partial charge in [-0.2, -0.15) is 14.9 Å². The van der Waals surface area contributed by atoms with E-state index in [1.807, 2.05) is 0 Å². The van der Waals surface area contributed by atoms with Crippen LogP contribution in [0.4, 0.5) is 17.6 Å². The SMILES string of the molecule is O=C(c1nnc(-c2cnn(C(F)(F)F)c2)o1)N1CCc2[nH]cnc2[C@@H]1c1cc2c(F)cccn2n1. The largest absolute Gasteiger partial charge is 0.504 e.